The Labute approximate surface area is 139 Å². The molecule has 6 heteroatoms. The SMILES string of the molecule is Cc1nc2cc(=O)[nH]n2c(C)c1CCC(=O)NCc1ccccc1. The average molecular weight is 324 g/mol. The van der Waals surface area contributed by atoms with Crippen LogP contribution in [0.4, 0.5) is 0 Å². The van der Waals surface area contributed by atoms with Gasteiger partial charge < -0.3 is 5.32 Å². The van der Waals surface area contributed by atoms with E-state index in [1.165, 1.54) is 6.07 Å². The lowest BCUT2D eigenvalue weighted by Gasteiger charge is -2.11. The van der Waals surface area contributed by atoms with E-state index in [9.17, 15) is 9.59 Å². The maximum absolute atomic E-state index is 12.1. The number of aromatic nitrogens is 3. The number of carbonyl (C=O) groups excluding carboxylic acids is 1. The zero-order chi connectivity index (χ0) is 17.1. The van der Waals surface area contributed by atoms with Crippen molar-refractivity contribution in [2.45, 2.75) is 33.2 Å². The third kappa shape index (κ3) is 3.37. The lowest BCUT2D eigenvalue weighted by Crippen LogP contribution is -2.23. The zero-order valence-electron chi connectivity index (χ0n) is 13.8. The number of benzene rings is 1. The largest absolute Gasteiger partial charge is 0.352 e. The van der Waals surface area contributed by atoms with Crippen LogP contribution in [-0.2, 0) is 17.8 Å². The number of nitrogens with zero attached hydrogens (tertiary/aromatic N) is 2. The highest BCUT2D eigenvalue weighted by molar-refractivity contribution is 5.76. The summed E-state index contributed by atoms with van der Waals surface area (Å²) in [6, 6.07) is 11.3. The topological polar surface area (TPSA) is 79.3 Å². The number of fused-ring (bicyclic) bond motifs is 1. The summed E-state index contributed by atoms with van der Waals surface area (Å²) in [5, 5.41) is 5.65. The lowest BCUT2D eigenvalue weighted by atomic mass is 10.1. The van der Waals surface area contributed by atoms with E-state index < -0.39 is 0 Å². The van der Waals surface area contributed by atoms with E-state index in [0.717, 1.165) is 22.5 Å². The summed E-state index contributed by atoms with van der Waals surface area (Å²) in [5.41, 5.74) is 4.25. The monoisotopic (exact) mass is 324 g/mol. The Morgan fingerprint density at radius 1 is 1.25 bits per heavy atom. The number of aromatic amines is 1. The predicted molar refractivity (Wildman–Crippen MR) is 91.9 cm³/mol. The van der Waals surface area contributed by atoms with E-state index in [1.807, 2.05) is 44.2 Å². The maximum Gasteiger partial charge on any atom is 0.266 e. The van der Waals surface area contributed by atoms with Gasteiger partial charge in [-0.15, -0.1) is 0 Å². The Morgan fingerprint density at radius 3 is 2.75 bits per heavy atom. The van der Waals surface area contributed by atoms with Crippen molar-refractivity contribution in [2.24, 2.45) is 0 Å². The van der Waals surface area contributed by atoms with Crippen LogP contribution in [0.1, 0.15) is 28.9 Å². The van der Waals surface area contributed by atoms with E-state index in [2.05, 4.69) is 15.4 Å². The van der Waals surface area contributed by atoms with Gasteiger partial charge in [0.2, 0.25) is 5.91 Å². The Morgan fingerprint density at radius 2 is 2.00 bits per heavy atom. The summed E-state index contributed by atoms with van der Waals surface area (Å²) < 4.78 is 1.67. The summed E-state index contributed by atoms with van der Waals surface area (Å²) in [7, 11) is 0. The molecule has 0 aliphatic heterocycles. The van der Waals surface area contributed by atoms with Gasteiger partial charge in [0.1, 0.15) is 0 Å². The number of hydrogen-bond donors (Lipinski definition) is 2. The minimum absolute atomic E-state index is 0.00116. The number of H-pyrrole nitrogens is 1. The molecule has 2 aromatic heterocycles. The molecular formula is C18H20N4O2. The van der Waals surface area contributed by atoms with Crippen LogP contribution < -0.4 is 10.9 Å². The van der Waals surface area contributed by atoms with Crippen molar-refractivity contribution in [2.75, 3.05) is 0 Å². The lowest BCUT2D eigenvalue weighted by molar-refractivity contribution is -0.121. The molecule has 0 saturated carbocycles. The van der Waals surface area contributed by atoms with Gasteiger partial charge in [-0.05, 0) is 31.4 Å². The Hall–Kier alpha value is -2.89. The molecular weight excluding hydrogens is 304 g/mol. The molecule has 3 rings (SSSR count). The number of aryl methyl sites for hydroxylation is 2. The Bertz CT molecular complexity index is 925. The molecule has 0 bridgehead atoms. The zero-order valence-corrected chi connectivity index (χ0v) is 13.8. The summed E-state index contributed by atoms with van der Waals surface area (Å²) in [5.74, 6) is -0.00116. The summed E-state index contributed by atoms with van der Waals surface area (Å²) in [6.45, 7) is 4.36. The van der Waals surface area contributed by atoms with E-state index in [4.69, 9.17) is 0 Å². The molecule has 2 N–H and O–H groups in total. The summed E-state index contributed by atoms with van der Waals surface area (Å²) in [4.78, 5) is 28.0. The first kappa shape index (κ1) is 16.0. The first-order chi connectivity index (χ1) is 11.5. The molecule has 0 radical (unpaired) electrons. The van der Waals surface area contributed by atoms with Crippen LogP contribution in [0.3, 0.4) is 0 Å². The minimum Gasteiger partial charge on any atom is -0.352 e. The standard InChI is InChI=1S/C18H20N4O2/c1-12-15(13(2)22-16(20-12)10-18(24)21-22)8-9-17(23)19-11-14-6-4-3-5-7-14/h3-7,10H,8-9,11H2,1-2H3,(H,19,23)(H,21,24). The fourth-order valence-electron chi connectivity index (χ4n) is 2.84. The van der Waals surface area contributed by atoms with Crippen LogP contribution >= 0.6 is 0 Å². The third-order valence-electron chi connectivity index (χ3n) is 4.14. The van der Waals surface area contributed by atoms with Crippen LogP contribution in [0.15, 0.2) is 41.2 Å². The summed E-state index contributed by atoms with van der Waals surface area (Å²) in [6.07, 6.45) is 0.967. The van der Waals surface area contributed by atoms with E-state index in [1.54, 1.807) is 4.52 Å². The van der Waals surface area contributed by atoms with Crippen LogP contribution in [-0.4, -0.2) is 20.5 Å². The van der Waals surface area contributed by atoms with Crippen molar-refractivity contribution >= 4 is 11.6 Å². The van der Waals surface area contributed by atoms with E-state index in [-0.39, 0.29) is 11.5 Å². The molecule has 0 unspecified atom stereocenters. The molecule has 1 amide bonds. The molecule has 0 saturated heterocycles. The van der Waals surface area contributed by atoms with Crippen LogP contribution in [0, 0.1) is 13.8 Å². The normalized spacial score (nSPS) is 10.9. The molecule has 2 heterocycles. The number of nitrogens with one attached hydrogen (secondary N) is 2. The van der Waals surface area contributed by atoms with Crippen LogP contribution in [0.2, 0.25) is 0 Å². The van der Waals surface area contributed by atoms with Crippen molar-refractivity contribution in [1.82, 2.24) is 19.9 Å². The van der Waals surface area contributed by atoms with Gasteiger partial charge in [-0.2, -0.15) is 0 Å². The van der Waals surface area contributed by atoms with Crippen LogP contribution in [0.5, 0.6) is 0 Å². The molecule has 0 spiro atoms. The molecule has 0 aliphatic carbocycles. The Kier molecular flexibility index (Phi) is 4.46. The van der Waals surface area contributed by atoms with Gasteiger partial charge in [-0.1, -0.05) is 30.3 Å². The highest BCUT2D eigenvalue weighted by Gasteiger charge is 2.12. The number of hydrogen-bond acceptors (Lipinski definition) is 3. The first-order valence-corrected chi connectivity index (χ1v) is 7.93. The van der Waals surface area contributed by atoms with Crippen molar-refractivity contribution in [3.63, 3.8) is 0 Å². The molecule has 0 aliphatic rings. The molecule has 6 nitrogen and oxygen atoms in total. The van der Waals surface area contributed by atoms with E-state index >= 15 is 0 Å². The minimum atomic E-state index is -0.178. The number of amides is 1. The smallest absolute Gasteiger partial charge is 0.266 e. The van der Waals surface area contributed by atoms with Crippen LogP contribution in [0.25, 0.3) is 5.65 Å². The molecule has 1 aromatic carbocycles. The first-order valence-electron chi connectivity index (χ1n) is 7.93. The van der Waals surface area contributed by atoms with E-state index in [0.29, 0.717) is 25.0 Å². The van der Waals surface area contributed by atoms with Crippen molar-refractivity contribution in [3.05, 3.63) is 69.3 Å². The number of carbonyl (C=O) groups is 1. The van der Waals surface area contributed by atoms with Crippen molar-refractivity contribution in [3.8, 4) is 0 Å². The number of rotatable bonds is 5. The van der Waals surface area contributed by atoms with Crippen molar-refractivity contribution in [1.29, 1.82) is 0 Å². The molecule has 0 atom stereocenters. The average Bonchev–Trinajstić information content (AvgIpc) is 2.94. The second-order valence-electron chi connectivity index (χ2n) is 5.84. The third-order valence-corrected chi connectivity index (χ3v) is 4.14. The van der Waals surface area contributed by atoms with Crippen molar-refractivity contribution < 1.29 is 4.79 Å². The van der Waals surface area contributed by atoms with Gasteiger partial charge in [0.25, 0.3) is 5.56 Å². The fourth-order valence-corrected chi connectivity index (χ4v) is 2.84. The maximum atomic E-state index is 12.1. The molecule has 3 aromatic rings. The second-order valence-corrected chi connectivity index (χ2v) is 5.84. The quantitative estimate of drug-likeness (QED) is 0.752. The second kappa shape index (κ2) is 6.70. The van der Waals surface area contributed by atoms with Gasteiger partial charge >= 0.3 is 0 Å². The fraction of sp³-hybridized carbons (Fsp3) is 0.278. The van der Waals surface area contributed by atoms with Gasteiger partial charge in [-0.25, -0.2) is 9.50 Å². The molecule has 24 heavy (non-hydrogen) atoms. The van der Waals surface area contributed by atoms with Gasteiger partial charge in [0, 0.05) is 30.4 Å². The predicted octanol–water partition coefficient (Wildman–Crippen LogP) is 1.89. The molecule has 124 valence electrons. The molecule has 0 fully saturated rings. The van der Waals surface area contributed by atoms with Gasteiger partial charge in [-0.3, -0.25) is 14.7 Å². The Balaban J connectivity index is 1.67. The highest BCUT2D eigenvalue weighted by Crippen LogP contribution is 2.15. The van der Waals surface area contributed by atoms with Gasteiger partial charge in [0.15, 0.2) is 5.65 Å². The summed E-state index contributed by atoms with van der Waals surface area (Å²) >= 11 is 0. The highest BCUT2D eigenvalue weighted by atomic mass is 16.1. The van der Waals surface area contributed by atoms with Gasteiger partial charge in [0.05, 0.1) is 0 Å².